The highest BCUT2D eigenvalue weighted by molar-refractivity contribution is 7.80. The van der Waals surface area contributed by atoms with Gasteiger partial charge in [0, 0.05) is 37.1 Å². The molecule has 0 aliphatic heterocycles. The van der Waals surface area contributed by atoms with Crippen LogP contribution in [0.15, 0.2) is 0 Å². The number of aliphatic hydroxyl groups excluding tert-OH is 2. The van der Waals surface area contributed by atoms with Gasteiger partial charge >= 0.3 is 0 Å². The first-order chi connectivity index (χ1) is 10.7. The van der Waals surface area contributed by atoms with Crippen LogP contribution >= 0.6 is 12.6 Å². The topological polar surface area (TPSA) is 107 Å². The highest BCUT2D eigenvalue weighted by Crippen LogP contribution is 2.22. The second-order valence-corrected chi connectivity index (χ2v) is 6.45. The van der Waals surface area contributed by atoms with Gasteiger partial charge in [0.2, 0.25) is 11.8 Å². The third-order valence-electron chi connectivity index (χ3n) is 3.41. The van der Waals surface area contributed by atoms with Crippen molar-refractivity contribution in [1.29, 1.82) is 0 Å². The van der Waals surface area contributed by atoms with E-state index in [0.717, 1.165) is 4.90 Å². The van der Waals surface area contributed by atoms with Crippen molar-refractivity contribution in [2.24, 2.45) is 5.41 Å². The van der Waals surface area contributed by atoms with Gasteiger partial charge in [-0.15, -0.1) is 0 Å². The molecule has 0 aromatic heterocycles. The van der Waals surface area contributed by atoms with Crippen LogP contribution in [0.3, 0.4) is 0 Å². The summed E-state index contributed by atoms with van der Waals surface area (Å²) in [6.45, 7) is 4.74. The van der Waals surface area contributed by atoms with Gasteiger partial charge < -0.3 is 15.5 Å². The minimum Gasteiger partial charge on any atom is -0.396 e. The summed E-state index contributed by atoms with van der Waals surface area (Å²) in [7, 11) is 0. The summed E-state index contributed by atoms with van der Waals surface area (Å²) < 4.78 is 0. The molecule has 0 radical (unpaired) electrons. The molecule has 0 fully saturated rings. The maximum absolute atomic E-state index is 12.4. The van der Waals surface area contributed by atoms with Crippen molar-refractivity contribution < 1.29 is 24.6 Å². The summed E-state index contributed by atoms with van der Waals surface area (Å²) >= 11 is 3.98. The Kier molecular flexibility index (Phi) is 10.1. The summed E-state index contributed by atoms with van der Waals surface area (Å²) in [5.41, 5.74) is -1.07. The zero-order chi connectivity index (χ0) is 18.0. The molecule has 3 N–H and O–H groups in total. The molecule has 0 saturated heterocycles. The quantitative estimate of drug-likeness (QED) is 0.414. The molecule has 7 nitrogen and oxygen atoms in total. The van der Waals surface area contributed by atoms with E-state index in [1.165, 1.54) is 13.8 Å². The van der Waals surface area contributed by atoms with Crippen LogP contribution < -0.4 is 5.32 Å². The molecule has 0 unspecified atom stereocenters. The highest BCUT2D eigenvalue weighted by Gasteiger charge is 2.37. The lowest BCUT2D eigenvalue weighted by Gasteiger charge is -2.31. The summed E-state index contributed by atoms with van der Waals surface area (Å²) in [6, 6.07) is 0. The Morgan fingerprint density at radius 1 is 1.26 bits per heavy atom. The maximum Gasteiger partial charge on any atom is 0.258 e. The van der Waals surface area contributed by atoms with Crippen molar-refractivity contribution in [3.63, 3.8) is 0 Å². The van der Waals surface area contributed by atoms with E-state index >= 15 is 0 Å². The lowest BCUT2D eigenvalue weighted by Crippen LogP contribution is -2.50. The number of hydrogen-bond acceptors (Lipinski definition) is 6. The van der Waals surface area contributed by atoms with Crippen molar-refractivity contribution in [2.75, 3.05) is 25.4 Å². The first kappa shape index (κ1) is 21.9. The number of imide groups is 1. The molecule has 8 heteroatoms. The molecule has 1 atom stereocenters. The predicted molar refractivity (Wildman–Crippen MR) is 90.0 cm³/mol. The average molecular weight is 348 g/mol. The zero-order valence-electron chi connectivity index (χ0n) is 14.0. The number of aliphatic hydroxyl groups is 2. The molecular formula is C15H28N2O5S. The lowest BCUT2D eigenvalue weighted by molar-refractivity contribution is -0.156. The van der Waals surface area contributed by atoms with Crippen LogP contribution in [0, 0.1) is 5.41 Å². The van der Waals surface area contributed by atoms with E-state index in [1.54, 1.807) is 6.92 Å². The minimum atomic E-state index is -1.52. The summed E-state index contributed by atoms with van der Waals surface area (Å²) in [5, 5.41) is 22.0. The van der Waals surface area contributed by atoms with Crippen LogP contribution in [0.1, 0.15) is 40.0 Å². The first-order valence-corrected chi connectivity index (χ1v) is 8.35. The Balaban J connectivity index is 4.97. The van der Waals surface area contributed by atoms with Crippen LogP contribution in [-0.4, -0.2) is 64.4 Å². The van der Waals surface area contributed by atoms with Gasteiger partial charge in [-0.3, -0.25) is 19.3 Å². The molecule has 0 heterocycles. The highest BCUT2D eigenvalue weighted by atomic mass is 32.1. The molecule has 0 aliphatic carbocycles. The van der Waals surface area contributed by atoms with Crippen LogP contribution in [0.4, 0.5) is 0 Å². The van der Waals surface area contributed by atoms with E-state index in [9.17, 15) is 24.6 Å². The monoisotopic (exact) mass is 348 g/mol. The predicted octanol–water partition coefficient (Wildman–Crippen LogP) is -0.0428. The van der Waals surface area contributed by atoms with Crippen molar-refractivity contribution in [3.05, 3.63) is 0 Å². The van der Waals surface area contributed by atoms with E-state index in [1.807, 2.05) is 0 Å². The van der Waals surface area contributed by atoms with E-state index in [2.05, 4.69) is 17.9 Å². The first-order valence-electron chi connectivity index (χ1n) is 7.72. The summed E-state index contributed by atoms with van der Waals surface area (Å²) in [6.07, 6.45) is -0.861. The molecule has 3 amide bonds. The summed E-state index contributed by atoms with van der Waals surface area (Å²) in [4.78, 5) is 37.1. The molecule has 0 rings (SSSR count). The number of hydrogen-bond donors (Lipinski definition) is 4. The van der Waals surface area contributed by atoms with Gasteiger partial charge in [0.25, 0.3) is 5.91 Å². The molecule has 0 aliphatic rings. The second kappa shape index (κ2) is 10.6. The molecule has 0 aromatic carbocycles. The number of carbonyl (C=O) groups excluding carboxylic acids is 3. The van der Waals surface area contributed by atoms with Gasteiger partial charge in [0.05, 0.1) is 6.61 Å². The Labute approximate surface area is 142 Å². The molecular weight excluding hydrogens is 320 g/mol. The largest absolute Gasteiger partial charge is 0.396 e. The number of thiol groups is 1. The van der Waals surface area contributed by atoms with Crippen LogP contribution in [0.5, 0.6) is 0 Å². The van der Waals surface area contributed by atoms with Crippen molar-refractivity contribution in [1.82, 2.24) is 10.2 Å². The Morgan fingerprint density at radius 2 is 1.87 bits per heavy atom. The van der Waals surface area contributed by atoms with Gasteiger partial charge in [0.15, 0.2) is 0 Å². The summed E-state index contributed by atoms with van der Waals surface area (Å²) in [5.74, 6) is -1.03. The fourth-order valence-electron chi connectivity index (χ4n) is 1.77. The molecule has 0 spiro atoms. The van der Waals surface area contributed by atoms with Crippen molar-refractivity contribution in [3.8, 4) is 0 Å². The fourth-order valence-corrected chi connectivity index (χ4v) is 1.88. The zero-order valence-corrected chi connectivity index (χ0v) is 14.9. The number of rotatable bonds is 10. The SMILES string of the molecule is CCCC(=O)N(CCC(=O)NCCS)C(=O)[C@H](O)C(C)(C)CO. The third kappa shape index (κ3) is 7.32. The van der Waals surface area contributed by atoms with Crippen LogP contribution in [0.2, 0.25) is 0 Å². The number of amides is 3. The van der Waals surface area contributed by atoms with Gasteiger partial charge in [-0.05, 0) is 6.42 Å². The average Bonchev–Trinajstić information content (AvgIpc) is 2.52. The van der Waals surface area contributed by atoms with Crippen LogP contribution in [0.25, 0.3) is 0 Å². The normalized spacial score (nSPS) is 12.6. The lowest BCUT2D eigenvalue weighted by atomic mass is 9.86. The van der Waals surface area contributed by atoms with E-state index in [-0.39, 0.29) is 25.3 Å². The third-order valence-corrected chi connectivity index (χ3v) is 3.63. The number of nitrogens with zero attached hydrogens (tertiary/aromatic N) is 1. The molecule has 0 aromatic rings. The Bertz CT molecular complexity index is 415. The van der Waals surface area contributed by atoms with Crippen molar-refractivity contribution >= 4 is 30.4 Å². The molecule has 0 bridgehead atoms. The van der Waals surface area contributed by atoms with E-state index in [0.29, 0.717) is 18.7 Å². The smallest absolute Gasteiger partial charge is 0.258 e. The molecule has 134 valence electrons. The molecule has 23 heavy (non-hydrogen) atoms. The number of nitrogens with one attached hydrogen (secondary N) is 1. The van der Waals surface area contributed by atoms with Gasteiger partial charge in [-0.25, -0.2) is 0 Å². The van der Waals surface area contributed by atoms with Gasteiger partial charge in [-0.1, -0.05) is 20.8 Å². The van der Waals surface area contributed by atoms with Crippen molar-refractivity contribution in [2.45, 2.75) is 46.1 Å². The number of carbonyl (C=O) groups is 3. The molecule has 0 saturated carbocycles. The van der Waals surface area contributed by atoms with Gasteiger partial charge in [0.1, 0.15) is 6.10 Å². The van der Waals surface area contributed by atoms with Crippen LogP contribution in [-0.2, 0) is 14.4 Å². The van der Waals surface area contributed by atoms with E-state index in [4.69, 9.17) is 0 Å². The fraction of sp³-hybridized carbons (Fsp3) is 0.800. The Morgan fingerprint density at radius 3 is 2.35 bits per heavy atom. The second-order valence-electron chi connectivity index (χ2n) is 6.01. The van der Waals surface area contributed by atoms with Gasteiger partial charge in [-0.2, -0.15) is 12.6 Å². The Hall–Kier alpha value is -1.12. The maximum atomic E-state index is 12.4. The standard InChI is InChI=1S/C15H28N2O5S/c1-4-5-12(20)17(8-6-11(19)16-7-9-23)14(22)13(21)15(2,3)10-18/h13,18,21,23H,4-10H2,1-3H3,(H,16,19)/t13-/m0/s1. The minimum absolute atomic E-state index is 0.0404. The van der Waals surface area contributed by atoms with E-state index < -0.39 is 29.9 Å².